The van der Waals surface area contributed by atoms with Crippen molar-refractivity contribution in [2.75, 3.05) is 11.9 Å². The molecule has 150 valence electrons. The minimum Gasteiger partial charge on any atom is -0.385 e. The highest BCUT2D eigenvalue weighted by molar-refractivity contribution is 5.97. The SMILES string of the molecule is NC(=O)c1cn(-c2ccc(F)cc2)c2ccc(NCCc3cccnc3)cc2c1=O. The smallest absolute Gasteiger partial charge is 0.254 e. The number of hydrogen-bond acceptors (Lipinski definition) is 4. The topological polar surface area (TPSA) is 90.0 Å². The van der Waals surface area contributed by atoms with Gasteiger partial charge in [0, 0.05) is 41.9 Å². The number of hydrogen-bond donors (Lipinski definition) is 2. The number of fused-ring (bicyclic) bond motifs is 1. The van der Waals surface area contributed by atoms with E-state index in [0.29, 0.717) is 23.1 Å². The molecule has 3 N–H and O–H groups in total. The first kappa shape index (κ1) is 19.3. The molecule has 7 heteroatoms. The molecule has 0 aliphatic heterocycles. The van der Waals surface area contributed by atoms with Gasteiger partial charge in [0.05, 0.1) is 5.52 Å². The minimum atomic E-state index is -0.812. The minimum absolute atomic E-state index is 0.126. The summed E-state index contributed by atoms with van der Waals surface area (Å²) < 4.78 is 15.0. The molecule has 0 saturated carbocycles. The van der Waals surface area contributed by atoms with Crippen molar-refractivity contribution in [3.05, 3.63) is 100 Å². The van der Waals surface area contributed by atoms with Crippen LogP contribution in [0.4, 0.5) is 10.1 Å². The van der Waals surface area contributed by atoms with E-state index in [1.807, 2.05) is 24.4 Å². The second-order valence-corrected chi connectivity index (χ2v) is 6.85. The molecule has 0 unspecified atom stereocenters. The fraction of sp³-hybridized carbons (Fsp3) is 0.0870. The van der Waals surface area contributed by atoms with Crippen LogP contribution in [0, 0.1) is 5.82 Å². The molecule has 2 aromatic carbocycles. The quantitative estimate of drug-likeness (QED) is 0.518. The average Bonchev–Trinajstić information content (AvgIpc) is 2.75. The normalized spacial score (nSPS) is 10.8. The molecule has 2 heterocycles. The van der Waals surface area contributed by atoms with Gasteiger partial charge in [0.25, 0.3) is 5.91 Å². The number of carbonyl (C=O) groups is 1. The van der Waals surface area contributed by atoms with Crippen LogP contribution in [0.15, 0.2) is 78.0 Å². The van der Waals surface area contributed by atoms with E-state index >= 15 is 0 Å². The molecule has 2 aromatic heterocycles. The molecule has 0 radical (unpaired) electrons. The Morgan fingerprint density at radius 3 is 2.63 bits per heavy atom. The van der Waals surface area contributed by atoms with Crippen molar-refractivity contribution in [2.24, 2.45) is 5.73 Å². The van der Waals surface area contributed by atoms with E-state index in [0.717, 1.165) is 17.7 Å². The molecule has 0 saturated heterocycles. The third-order valence-electron chi connectivity index (χ3n) is 4.84. The summed E-state index contributed by atoms with van der Waals surface area (Å²) in [4.78, 5) is 28.8. The van der Waals surface area contributed by atoms with Crippen molar-refractivity contribution in [3.8, 4) is 5.69 Å². The van der Waals surface area contributed by atoms with E-state index in [4.69, 9.17) is 5.73 Å². The number of halogens is 1. The second kappa shape index (κ2) is 8.16. The molecule has 1 amide bonds. The van der Waals surface area contributed by atoms with Crippen LogP contribution >= 0.6 is 0 Å². The number of carbonyl (C=O) groups excluding carboxylic acids is 1. The van der Waals surface area contributed by atoms with Gasteiger partial charge in [-0.2, -0.15) is 0 Å². The van der Waals surface area contributed by atoms with Crippen LogP contribution in [-0.2, 0) is 6.42 Å². The van der Waals surface area contributed by atoms with Crippen LogP contribution in [0.1, 0.15) is 15.9 Å². The maximum absolute atomic E-state index is 13.3. The van der Waals surface area contributed by atoms with Gasteiger partial charge in [0.15, 0.2) is 0 Å². The highest BCUT2D eigenvalue weighted by atomic mass is 19.1. The Kier molecular flexibility index (Phi) is 5.26. The fourth-order valence-electron chi connectivity index (χ4n) is 3.33. The van der Waals surface area contributed by atoms with Gasteiger partial charge in [-0.15, -0.1) is 0 Å². The maximum Gasteiger partial charge on any atom is 0.254 e. The summed E-state index contributed by atoms with van der Waals surface area (Å²) in [5.74, 6) is -1.19. The highest BCUT2D eigenvalue weighted by Gasteiger charge is 2.14. The van der Waals surface area contributed by atoms with Crippen LogP contribution in [0.5, 0.6) is 0 Å². The van der Waals surface area contributed by atoms with Crippen molar-refractivity contribution in [3.63, 3.8) is 0 Å². The molecule has 6 nitrogen and oxygen atoms in total. The number of pyridine rings is 2. The van der Waals surface area contributed by atoms with Crippen LogP contribution in [0.2, 0.25) is 0 Å². The summed E-state index contributed by atoms with van der Waals surface area (Å²) in [6.45, 7) is 0.652. The third kappa shape index (κ3) is 3.91. The van der Waals surface area contributed by atoms with E-state index in [-0.39, 0.29) is 11.4 Å². The van der Waals surface area contributed by atoms with Crippen molar-refractivity contribution in [1.29, 1.82) is 0 Å². The summed E-state index contributed by atoms with van der Waals surface area (Å²) in [6, 6.07) is 15.0. The van der Waals surface area contributed by atoms with Gasteiger partial charge in [-0.1, -0.05) is 6.07 Å². The van der Waals surface area contributed by atoms with Gasteiger partial charge in [0.2, 0.25) is 5.43 Å². The summed E-state index contributed by atoms with van der Waals surface area (Å²) >= 11 is 0. The number of amides is 1. The van der Waals surface area contributed by atoms with Gasteiger partial charge < -0.3 is 15.6 Å². The first-order valence-corrected chi connectivity index (χ1v) is 9.41. The lowest BCUT2D eigenvalue weighted by atomic mass is 10.1. The molecule has 30 heavy (non-hydrogen) atoms. The first-order valence-electron chi connectivity index (χ1n) is 9.41. The van der Waals surface area contributed by atoms with E-state index in [1.54, 1.807) is 35.0 Å². The first-order chi connectivity index (χ1) is 14.5. The highest BCUT2D eigenvalue weighted by Crippen LogP contribution is 2.21. The van der Waals surface area contributed by atoms with Gasteiger partial charge in [-0.05, 0) is 60.5 Å². The molecule has 0 bridgehead atoms. The van der Waals surface area contributed by atoms with Crippen molar-refractivity contribution in [2.45, 2.75) is 6.42 Å². The van der Waals surface area contributed by atoms with Crippen LogP contribution < -0.4 is 16.5 Å². The predicted molar refractivity (Wildman–Crippen MR) is 114 cm³/mol. The maximum atomic E-state index is 13.3. The van der Waals surface area contributed by atoms with E-state index in [1.165, 1.54) is 18.3 Å². The standard InChI is InChI=1S/C23H19FN4O2/c24-16-3-6-18(7-4-16)28-14-20(23(25)30)22(29)19-12-17(5-8-21(19)28)27-11-9-15-2-1-10-26-13-15/h1-8,10,12-14,27H,9,11H2,(H2,25,30). The zero-order valence-corrected chi connectivity index (χ0v) is 16.0. The Bertz CT molecular complexity index is 1270. The van der Waals surface area contributed by atoms with Crippen molar-refractivity contribution in [1.82, 2.24) is 9.55 Å². The Morgan fingerprint density at radius 2 is 1.93 bits per heavy atom. The number of rotatable bonds is 6. The number of primary amides is 1. The number of nitrogens with one attached hydrogen (secondary N) is 1. The fourth-order valence-corrected chi connectivity index (χ4v) is 3.33. The Balaban J connectivity index is 1.73. The molecule has 0 atom stereocenters. The molecular formula is C23H19FN4O2. The van der Waals surface area contributed by atoms with E-state index < -0.39 is 11.3 Å². The molecule has 0 aliphatic carbocycles. The van der Waals surface area contributed by atoms with Gasteiger partial charge in [-0.25, -0.2) is 4.39 Å². The van der Waals surface area contributed by atoms with Crippen LogP contribution in [-0.4, -0.2) is 22.0 Å². The molecule has 4 rings (SSSR count). The Labute approximate surface area is 171 Å². The lowest BCUT2D eigenvalue weighted by Crippen LogP contribution is -2.24. The zero-order chi connectivity index (χ0) is 21.1. The Hall–Kier alpha value is -4.00. The monoisotopic (exact) mass is 402 g/mol. The van der Waals surface area contributed by atoms with Gasteiger partial charge in [0.1, 0.15) is 11.4 Å². The number of nitrogens with zero attached hydrogens (tertiary/aromatic N) is 2. The lowest BCUT2D eigenvalue weighted by Gasteiger charge is -2.14. The number of anilines is 1. The van der Waals surface area contributed by atoms with Crippen molar-refractivity contribution >= 4 is 22.5 Å². The van der Waals surface area contributed by atoms with E-state index in [2.05, 4.69) is 10.3 Å². The zero-order valence-electron chi connectivity index (χ0n) is 16.0. The molecule has 0 aliphatic rings. The molecule has 0 fully saturated rings. The molecular weight excluding hydrogens is 383 g/mol. The summed E-state index contributed by atoms with van der Waals surface area (Å²) in [7, 11) is 0. The summed E-state index contributed by atoms with van der Waals surface area (Å²) in [5, 5.41) is 3.64. The molecule has 0 spiro atoms. The van der Waals surface area contributed by atoms with Gasteiger partial charge in [-0.3, -0.25) is 14.6 Å². The van der Waals surface area contributed by atoms with E-state index in [9.17, 15) is 14.0 Å². The lowest BCUT2D eigenvalue weighted by molar-refractivity contribution is 0.0999. The third-order valence-corrected chi connectivity index (χ3v) is 4.84. The largest absolute Gasteiger partial charge is 0.385 e. The number of benzene rings is 2. The molecule has 4 aromatic rings. The summed E-state index contributed by atoms with van der Waals surface area (Å²) in [5.41, 5.74) is 7.91. The van der Waals surface area contributed by atoms with Crippen molar-refractivity contribution < 1.29 is 9.18 Å². The van der Waals surface area contributed by atoms with Crippen LogP contribution in [0.3, 0.4) is 0 Å². The average molecular weight is 402 g/mol. The predicted octanol–water partition coefficient (Wildman–Crippen LogP) is 3.28. The Morgan fingerprint density at radius 1 is 1.13 bits per heavy atom. The van der Waals surface area contributed by atoms with Gasteiger partial charge >= 0.3 is 0 Å². The second-order valence-electron chi connectivity index (χ2n) is 6.85. The summed E-state index contributed by atoms with van der Waals surface area (Å²) in [6.07, 6.45) is 5.70. The van der Waals surface area contributed by atoms with Crippen LogP contribution in [0.25, 0.3) is 16.6 Å². The number of nitrogens with two attached hydrogens (primary N) is 1. The number of aromatic nitrogens is 2.